The van der Waals surface area contributed by atoms with Crippen LogP contribution in [0.1, 0.15) is 11.1 Å². The number of pyridine rings is 2. The highest BCUT2D eigenvalue weighted by molar-refractivity contribution is 7.27. The van der Waals surface area contributed by atoms with Crippen molar-refractivity contribution >= 4 is 119 Å². The lowest BCUT2D eigenvalue weighted by atomic mass is 9.94. The summed E-state index contributed by atoms with van der Waals surface area (Å²) >= 11 is 3.68. The minimum Gasteiger partial charge on any atom is -0.311 e. The van der Waals surface area contributed by atoms with Gasteiger partial charge >= 0.3 is 0 Å². The highest BCUT2D eigenvalue weighted by Gasteiger charge is 2.19. The maximum atomic E-state index is 4.87. The molecule has 6 heteroatoms. The summed E-state index contributed by atoms with van der Waals surface area (Å²) in [4.78, 5) is 14.2. The highest BCUT2D eigenvalue weighted by atomic mass is 32.1. The van der Waals surface area contributed by atoms with Crippen LogP contribution in [0.15, 0.2) is 291 Å². The minimum atomic E-state index is 0.920. The van der Waals surface area contributed by atoms with Gasteiger partial charge in [-0.3, -0.25) is 9.97 Å². The first-order chi connectivity index (χ1) is 39.7. The number of hydrogen-bond acceptors (Lipinski definition) is 6. The molecule has 0 radical (unpaired) electrons. The molecule has 0 fully saturated rings. The maximum Gasteiger partial charge on any atom is 0.0872 e. The molecule has 0 spiro atoms. The highest BCUT2D eigenvalue weighted by Crippen LogP contribution is 2.45. The normalized spacial score (nSPS) is 11.2. The van der Waals surface area contributed by atoms with E-state index in [9.17, 15) is 0 Å². The Morgan fingerprint density at radius 3 is 1.40 bits per heavy atom. The number of hydrogen-bond donors (Lipinski definition) is 0. The van der Waals surface area contributed by atoms with Gasteiger partial charge < -0.3 is 9.80 Å². The summed E-state index contributed by atoms with van der Waals surface area (Å²) in [5.41, 5.74) is 14.1. The van der Waals surface area contributed by atoms with E-state index in [0.717, 1.165) is 67.4 Å². The minimum absolute atomic E-state index is 0.920. The van der Waals surface area contributed by atoms with E-state index in [2.05, 4.69) is 276 Å². The lowest BCUT2D eigenvalue weighted by molar-refractivity contribution is 1.28. The summed E-state index contributed by atoms with van der Waals surface area (Å²) in [6, 6.07) is 98.2. The van der Waals surface area contributed by atoms with Crippen LogP contribution in [0.3, 0.4) is 0 Å². The fourth-order valence-electron chi connectivity index (χ4n) is 10.9. The molecule has 0 bridgehead atoms. The Hall–Kier alpha value is -10.2. The van der Waals surface area contributed by atoms with Gasteiger partial charge in [0.1, 0.15) is 0 Å². The predicted octanol–water partition coefficient (Wildman–Crippen LogP) is 20.9. The number of rotatable bonds is 8. The van der Waals surface area contributed by atoms with E-state index in [1.807, 2.05) is 59.3 Å². The van der Waals surface area contributed by atoms with E-state index in [-0.39, 0.29) is 0 Å². The third-order valence-corrected chi connectivity index (χ3v) is 17.1. The van der Waals surface area contributed by atoms with Gasteiger partial charge in [0.05, 0.1) is 16.8 Å². The zero-order valence-electron chi connectivity index (χ0n) is 43.3. The second-order valence-corrected chi connectivity index (χ2v) is 21.6. The van der Waals surface area contributed by atoms with Crippen LogP contribution in [0, 0.1) is 11.8 Å². The predicted molar refractivity (Wildman–Crippen MR) is 342 cm³/mol. The van der Waals surface area contributed by atoms with Gasteiger partial charge in [-0.25, -0.2) is 0 Å². The number of benzene rings is 11. The summed E-state index contributed by atoms with van der Waals surface area (Å²) in [5.74, 6) is 6.80. The quantitative estimate of drug-likeness (QED) is 0.112. The second-order valence-electron chi connectivity index (χ2n) is 19.5. The van der Waals surface area contributed by atoms with Crippen LogP contribution in [-0.2, 0) is 0 Å². The van der Waals surface area contributed by atoms with Gasteiger partial charge in [-0.1, -0.05) is 170 Å². The van der Waals surface area contributed by atoms with Gasteiger partial charge in [-0.05, 0) is 138 Å². The van der Waals surface area contributed by atoms with Crippen LogP contribution in [0.2, 0.25) is 0 Å². The number of para-hydroxylation sites is 4. The summed E-state index contributed by atoms with van der Waals surface area (Å²) < 4.78 is 5.15. The second kappa shape index (κ2) is 21.3. The number of aromatic nitrogens is 2. The van der Waals surface area contributed by atoms with Gasteiger partial charge in [0.25, 0.3) is 0 Å². The number of thiophene rings is 2. The molecule has 0 N–H and O–H groups in total. The Kier molecular flexibility index (Phi) is 12.9. The van der Waals surface area contributed by atoms with Crippen molar-refractivity contribution < 1.29 is 0 Å². The molecule has 4 nitrogen and oxygen atoms in total. The molecule has 0 amide bonds. The van der Waals surface area contributed by atoms with Crippen LogP contribution < -0.4 is 9.80 Å². The Labute approximate surface area is 472 Å². The smallest absolute Gasteiger partial charge is 0.0872 e. The zero-order valence-corrected chi connectivity index (χ0v) is 45.0. The molecule has 0 aliphatic heterocycles. The molecule has 15 aromatic rings. The van der Waals surface area contributed by atoms with Crippen LogP contribution in [0.25, 0.3) is 84.4 Å². The average Bonchev–Trinajstić information content (AvgIpc) is 4.31. The van der Waals surface area contributed by atoms with Crippen molar-refractivity contribution in [3.63, 3.8) is 0 Å². The molecular weight excluding hydrogens is 1010 g/mol. The third kappa shape index (κ3) is 9.17. The van der Waals surface area contributed by atoms with Crippen LogP contribution in [0.5, 0.6) is 0 Å². The number of nitrogens with zero attached hydrogens (tertiary/aromatic N) is 4. The summed E-state index contributed by atoms with van der Waals surface area (Å²) in [5, 5.41) is 8.80. The third-order valence-electron chi connectivity index (χ3n) is 14.6. The van der Waals surface area contributed by atoms with Gasteiger partial charge in [0.15, 0.2) is 0 Å². The van der Waals surface area contributed by atoms with Crippen molar-refractivity contribution in [2.45, 2.75) is 0 Å². The van der Waals surface area contributed by atoms with E-state index in [0.29, 0.717) is 0 Å². The first-order valence-electron chi connectivity index (χ1n) is 26.7. The van der Waals surface area contributed by atoms with E-state index >= 15 is 0 Å². The first kappa shape index (κ1) is 48.2. The number of anilines is 6. The Morgan fingerprint density at radius 2 is 0.800 bits per heavy atom. The summed E-state index contributed by atoms with van der Waals surface area (Å²) in [7, 11) is 0. The lowest BCUT2D eigenvalue weighted by Gasteiger charge is -2.25. The molecule has 4 heterocycles. The maximum absolute atomic E-state index is 4.87. The molecule has 80 heavy (non-hydrogen) atoms. The van der Waals surface area contributed by atoms with Crippen molar-refractivity contribution in [2.75, 3.05) is 9.80 Å². The van der Waals surface area contributed by atoms with Crippen LogP contribution in [-0.4, -0.2) is 9.97 Å². The SMILES string of the molecule is C(#Cc1cccnc1-c1cccc2c1sc1ccccc12)c1ccc(N(c2ccccc2)c2ccccc2)cc1.c1ccc(N(c2ccccc2)c2ccc(-c3cc4cccnc4c4c3ccc3c5ccccc5sc34)cc2)cc1. The molecule has 0 atom stereocenters. The average molecular weight is 1060 g/mol. The molecule has 376 valence electrons. The van der Waals surface area contributed by atoms with E-state index < -0.39 is 0 Å². The molecule has 0 aliphatic rings. The fourth-order valence-corrected chi connectivity index (χ4v) is 13.4. The first-order valence-corrected chi connectivity index (χ1v) is 28.3. The van der Waals surface area contributed by atoms with Crippen molar-refractivity contribution in [1.29, 1.82) is 0 Å². The molecule has 11 aromatic carbocycles. The summed E-state index contributed by atoms with van der Waals surface area (Å²) in [6.45, 7) is 0. The van der Waals surface area contributed by atoms with Gasteiger partial charge in [0.2, 0.25) is 0 Å². The molecule has 0 unspecified atom stereocenters. The standard InChI is InChI=1S/2C37H24N2S/c1-3-11-27(12-4-1)39(28-13-5-2-6-14-28)29-19-17-25(18-20-29)33-24-26-10-9-23-38-36(26)35-31(33)21-22-32-30-15-7-8-16-34(30)40-37(32)35;1-3-12-29(13-4-1)39(30-14-5-2-6-15-30)31-24-21-27(22-25-31)20-23-28-11-10-26-38-36(28)34-18-9-17-33-32-16-7-8-19-35(32)40-37(33)34/h1-24H;1-19,21-22,24-26H. The van der Waals surface area contributed by atoms with Crippen molar-refractivity contribution in [3.8, 4) is 34.2 Å². The summed E-state index contributed by atoms with van der Waals surface area (Å²) in [6.07, 6.45) is 3.76. The Balaban J connectivity index is 0.000000144. The largest absolute Gasteiger partial charge is 0.311 e. The van der Waals surface area contributed by atoms with Gasteiger partial charge in [0, 0.05) is 109 Å². The monoisotopic (exact) mass is 1060 g/mol. The van der Waals surface area contributed by atoms with Gasteiger partial charge in [-0.2, -0.15) is 0 Å². The van der Waals surface area contributed by atoms with Crippen molar-refractivity contribution in [3.05, 3.63) is 303 Å². The Bertz CT molecular complexity index is 4680. The molecule has 0 saturated heterocycles. The van der Waals surface area contributed by atoms with Crippen molar-refractivity contribution in [2.24, 2.45) is 0 Å². The molecular formula is C74H48N4S2. The van der Waals surface area contributed by atoms with Gasteiger partial charge in [-0.15, -0.1) is 22.7 Å². The fraction of sp³-hybridized carbons (Fsp3) is 0. The Morgan fingerprint density at radius 1 is 0.325 bits per heavy atom. The molecule has 0 aliphatic carbocycles. The van der Waals surface area contributed by atoms with Crippen LogP contribution in [0.4, 0.5) is 34.1 Å². The van der Waals surface area contributed by atoms with Crippen molar-refractivity contribution in [1.82, 2.24) is 9.97 Å². The molecule has 15 rings (SSSR count). The zero-order chi connectivity index (χ0) is 53.2. The lowest BCUT2D eigenvalue weighted by Crippen LogP contribution is -2.09. The topological polar surface area (TPSA) is 32.3 Å². The van der Waals surface area contributed by atoms with E-state index in [4.69, 9.17) is 9.97 Å². The van der Waals surface area contributed by atoms with E-state index in [1.54, 1.807) is 0 Å². The van der Waals surface area contributed by atoms with Crippen LogP contribution >= 0.6 is 22.7 Å². The number of fused-ring (bicyclic) bond motifs is 10. The molecule has 0 saturated carbocycles. The van der Waals surface area contributed by atoms with E-state index in [1.165, 1.54) is 62.2 Å². The molecule has 4 aromatic heterocycles.